The Balaban J connectivity index is 0. The van der Waals surface area contributed by atoms with Crippen molar-refractivity contribution in [2.75, 3.05) is 14.1 Å². The fourth-order valence-corrected chi connectivity index (χ4v) is 0.193. The van der Waals surface area contributed by atoms with E-state index in [4.69, 9.17) is 10.4 Å². The Morgan fingerprint density at radius 1 is 1.58 bits per heavy atom. The van der Waals surface area contributed by atoms with Gasteiger partial charge in [0.15, 0.2) is 0 Å². The van der Waals surface area contributed by atoms with Gasteiger partial charge in [-0.3, -0.25) is 4.79 Å². The van der Waals surface area contributed by atoms with Crippen molar-refractivity contribution >= 4 is 6.41 Å². The minimum absolute atomic E-state index is 0.201. The number of rotatable bonds is 2. The second-order valence-corrected chi connectivity index (χ2v) is 3.22. The zero-order valence-corrected chi connectivity index (χ0v) is 8.03. The van der Waals surface area contributed by atoms with Gasteiger partial charge in [-0.15, -0.1) is 0 Å². The highest BCUT2D eigenvalue weighted by molar-refractivity contribution is 5.45. The number of amides is 1. The number of carbonyl (C=O) groups excluding carboxylic acids is 1. The van der Waals surface area contributed by atoms with E-state index in [1.807, 2.05) is 6.07 Å². The minimum atomic E-state index is -0.811. The maximum atomic E-state index is 9.43. The smallest absolute Gasteiger partial charge is 0.209 e. The van der Waals surface area contributed by atoms with Crippen LogP contribution < -0.4 is 0 Å². The maximum absolute atomic E-state index is 9.43. The van der Waals surface area contributed by atoms with Crippen LogP contribution in [0.1, 0.15) is 20.3 Å². The highest BCUT2D eigenvalue weighted by atomic mass is 16.3. The molecule has 4 heteroatoms. The lowest BCUT2D eigenvalue weighted by Gasteiger charge is -2.09. The van der Waals surface area contributed by atoms with E-state index < -0.39 is 5.60 Å². The minimum Gasteiger partial charge on any atom is -0.389 e. The summed E-state index contributed by atoms with van der Waals surface area (Å²) < 4.78 is 0. The topological polar surface area (TPSA) is 64.3 Å². The van der Waals surface area contributed by atoms with Crippen molar-refractivity contribution < 1.29 is 9.90 Å². The van der Waals surface area contributed by atoms with Gasteiger partial charge in [0.25, 0.3) is 0 Å². The molecule has 4 nitrogen and oxygen atoms in total. The zero-order valence-electron chi connectivity index (χ0n) is 8.03. The van der Waals surface area contributed by atoms with E-state index >= 15 is 0 Å². The van der Waals surface area contributed by atoms with Crippen molar-refractivity contribution in [3.63, 3.8) is 0 Å². The average molecular weight is 172 g/mol. The fourth-order valence-electron chi connectivity index (χ4n) is 0.193. The Bertz CT molecular complexity index is 153. The summed E-state index contributed by atoms with van der Waals surface area (Å²) in [4.78, 5) is 10.9. The fraction of sp³-hybridized carbons (Fsp3) is 0.750. The molecule has 0 aliphatic rings. The Hall–Kier alpha value is -1.08. The monoisotopic (exact) mass is 172 g/mol. The molecule has 0 aromatic rings. The van der Waals surface area contributed by atoms with Gasteiger partial charge in [-0.2, -0.15) is 5.26 Å². The van der Waals surface area contributed by atoms with E-state index in [1.54, 1.807) is 27.9 Å². The van der Waals surface area contributed by atoms with Crippen LogP contribution in [0.3, 0.4) is 0 Å². The summed E-state index contributed by atoms with van der Waals surface area (Å²) in [6, 6.07) is 1.86. The molecular weight excluding hydrogens is 156 g/mol. The largest absolute Gasteiger partial charge is 0.389 e. The molecule has 0 rings (SSSR count). The number of hydrogen-bond donors (Lipinski definition) is 1. The van der Waals surface area contributed by atoms with Gasteiger partial charge in [-0.05, 0) is 13.8 Å². The summed E-state index contributed by atoms with van der Waals surface area (Å²) in [6.45, 7) is 3.21. The zero-order chi connectivity index (χ0) is 10.2. The van der Waals surface area contributed by atoms with Crippen molar-refractivity contribution in [3.8, 4) is 6.07 Å². The lowest BCUT2D eigenvalue weighted by atomic mass is 10.1. The van der Waals surface area contributed by atoms with E-state index in [0.717, 1.165) is 6.41 Å². The van der Waals surface area contributed by atoms with Crippen LogP contribution in [0.15, 0.2) is 0 Å². The van der Waals surface area contributed by atoms with Gasteiger partial charge in [-0.25, -0.2) is 0 Å². The maximum Gasteiger partial charge on any atom is 0.209 e. The third-order valence-electron chi connectivity index (χ3n) is 0.722. The van der Waals surface area contributed by atoms with Gasteiger partial charge in [0.1, 0.15) is 0 Å². The Kier molecular flexibility index (Phi) is 7.45. The van der Waals surface area contributed by atoms with E-state index in [0.29, 0.717) is 0 Å². The summed E-state index contributed by atoms with van der Waals surface area (Å²) in [7, 11) is 3.38. The van der Waals surface area contributed by atoms with Gasteiger partial charge in [0.2, 0.25) is 6.41 Å². The van der Waals surface area contributed by atoms with Crippen LogP contribution in [0.2, 0.25) is 0 Å². The summed E-state index contributed by atoms with van der Waals surface area (Å²) in [5.74, 6) is 0. The second-order valence-electron chi connectivity index (χ2n) is 3.22. The first-order chi connectivity index (χ1) is 5.33. The molecule has 1 N–H and O–H groups in total. The van der Waals surface area contributed by atoms with Crippen molar-refractivity contribution in [2.45, 2.75) is 25.9 Å². The van der Waals surface area contributed by atoms with Crippen molar-refractivity contribution in [3.05, 3.63) is 0 Å². The van der Waals surface area contributed by atoms with Gasteiger partial charge < -0.3 is 10.0 Å². The molecule has 12 heavy (non-hydrogen) atoms. The van der Waals surface area contributed by atoms with Crippen molar-refractivity contribution in [1.29, 1.82) is 5.26 Å². The van der Waals surface area contributed by atoms with E-state index in [2.05, 4.69) is 0 Å². The van der Waals surface area contributed by atoms with Gasteiger partial charge in [0.05, 0.1) is 18.1 Å². The molecule has 0 bridgehead atoms. The number of carbonyl (C=O) groups is 1. The summed E-state index contributed by atoms with van der Waals surface area (Å²) in [5.41, 5.74) is -0.811. The Labute approximate surface area is 73.4 Å². The third kappa shape index (κ3) is 23.1. The van der Waals surface area contributed by atoms with Crippen LogP contribution in [-0.2, 0) is 4.79 Å². The molecule has 0 heterocycles. The molecule has 0 atom stereocenters. The summed E-state index contributed by atoms with van der Waals surface area (Å²) >= 11 is 0. The second kappa shape index (κ2) is 6.62. The molecule has 0 aromatic carbocycles. The molecule has 0 unspecified atom stereocenters. The quantitative estimate of drug-likeness (QED) is 0.612. The first kappa shape index (κ1) is 13.5. The first-order valence-corrected chi connectivity index (χ1v) is 3.54. The molecule has 0 aliphatic carbocycles. The Morgan fingerprint density at radius 2 is 1.92 bits per heavy atom. The molecule has 0 saturated heterocycles. The van der Waals surface area contributed by atoms with Gasteiger partial charge in [0, 0.05) is 14.1 Å². The molecule has 0 aromatic heterocycles. The molecule has 0 radical (unpaired) electrons. The number of nitriles is 1. The summed E-state index contributed by atoms with van der Waals surface area (Å²) in [6.07, 6.45) is 0.951. The predicted octanol–water partition coefficient (Wildman–Crippen LogP) is 0.375. The van der Waals surface area contributed by atoms with Crippen molar-refractivity contribution in [1.82, 2.24) is 4.90 Å². The van der Waals surface area contributed by atoms with Gasteiger partial charge in [-0.1, -0.05) is 0 Å². The molecule has 0 aliphatic heterocycles. The number of nitrogens with zero attached hydrogens (tertiary/aromatic N) is 2. The molecule has 70 valence electrons. The average Bonchev–Trinajstić information content (AvgIpc) is 1.86. The van der Waals surface area contributed by atoms with Crippen LogP contribution in [0.4, 0.5) is 0 Å². The lowest BCUT2D eigenvalue weighted by Crippen LogP contribution is -2.16. The third-order valence-corrected chi connectivity index (χ3v) is 0.722. The molecule has 0 saturated carbocycles. The summed E-state index contributed by atoms with van der Waals surface area (Å²) in [5, 5.41) is 16.8. The lowest BCUT2D eigenvalue weighted by molar-refractivity contribution is -0.115. The standard InChI is InChI=1S/C5H9NO.C3H7NO/c1-5(2,7)3-4-6;1-4(2)3-5/h7H,3H2,1-2H3;3H,1-2H3. The SMILES string of the molecule is CC(C)(O)CC#N.CN(C)C=O. The molecular formula is C8H16N2O2. The van der Waals surface area contributed by atoms with Gasteiger partial charge >= 0.3 is 0 Å². The highest BCUT2D eigenvalue weighted by Crippen LogP contribution is 2.03. The molecule has 0 fully saturated rings. The van der Waals surface area contributed by atoms with Crippen LogP contribution in [-0.4, -0.2) is 36.1 Å². The Morgan fingerprint density at radius 3 is 1.92 bits per heavy atom. The molecule has 1 amide bonds. The normalized spacial score (nSPS) is 9.00. The van der Waals surface area contributed by atoms with E-state index in [9.17, 15) is 4.79 Å². The van der Waals surface area contributed by atoms with E-state index in [1.165, 1.54) is 4.90 Å². The van der Waals surface area contributed by atoms with Crippen LogP contribution >= 0.6 is 0 Å². The number of aliphatic hydroxyl groups is 1. The molecule has 0 spiro atoms. The van der Waals surface area contributed by atoms with Crippen LogP contribution in [0.25, 0.3) is 0 Å². The first-order valence-electron chi connectivity index (χ1n) is 3.54. The van der Waals surface area contributed by atoms with Crippen LogP contribution in [0.5, 0.6) is 0 Å². The van der Waals surface area contributed by atoms with Crippen LogP contribution in [0, 0.1) is 11.3 Å². The predicted molar refractivity (Wildman–Crippen MR) is 46.3 cm³/mol. The number of hydrogen-bond acceptors (Lipinski definition) is 3. The van der Waals surface area contributed by atoms with E-state index in [-0.39, 0.29) is 6.42 Å². The highest BCUT2D eigenvalue weighted by Gasteiger charge is 2.09. The van der Waals surface area contributed by atoms with Crippen molar-refractivity contribution in [2.24, 2.45) is 0 Å².